The molecule has 2 aromatic carbocycles. The van der Waals surface area contributed by atoms with Crippen LogP contribution >= 0.6 is 11.3 Å². The van der Waals surface area contributed by atoms with Crippen LogP contribution in [0, 0.1) is 6.92 Å². The lowest BCUT2D eigenvalue weighted by Crippen LogP contribution is -2.40. The number of nitrogens with zero attached hydrogens (tertiary/aromatic N) is 1. The fourth-order valence-corrected chi connectivity index (χ4v) is 5.88. The largest absolute Gasteiger partial charge is 0.379 e. The Labute approximate surface area is 198 Å². The zero-order valence-corrected chi connectivity index (χ0v) is 20.0. The summed E-state index contributed by atoms with van der Waals surface area (Å²) in [4.78, 5) is 13.9. The molecule has 7 nitrogen and oxygen atoms in total. The van der Waals surface area contributed by atoms with Gasteiger partial charge in [0.15, 0.2) is 0 Å². The first-order chi connectivity index (χ1) is 15.9. The van der Waals surface area contributed by atoms with E-state index >= 15 is 0 Å². The van der Waals surface area contributed by atoms with E-state index in [9.17, 15) is 13.2 Å². The first-order valence-electron chi connectivity index (χ1n) is 10.7. The molecule has 33 heavy (non-hydrogen) atoms. The highest BCUT2D eigenvalue weighted by Crippen LogP contribution is 2.26. The molecule has 0 saturated carbocycles. The summed E-state index contributed by atoms with van der Waals surface area (Å²) in [6.45, 7) is 3.65. The lowest BCUT2D eigenvalue weighted by Gasteiger charge is -2.26. The number of morpholine rings is 1. The van der Waals surface area contributed by atoms with Crippen molar-refractivity contribution in [3.05, 3.63) is 82.0 Å². The molecule has 0 spiro atoms. The van der Waals surface area contributed by atoms with E-state index in [2.05, 4.69) is 34.9 Å². The number of carbonyl (C=O) groups excluding carboxylic acids is 1. The number of hydrogen-bond donors (Lipinski definition) is 2. The second kappa shape index (κ2) is 10.6. The van der Waals surface area contributed by atoms with Crippen molar-refractivity contribution in [2.45, 2.75) is 17.9 Å². The molecule has 1 aliphatic rings. The average molecular weight is 486 g/mol. The van der Waals surface area contributed by atoms with Crippen molar-refractivity contribution in [2.75, 3.05) is 38.2 Å². The fraction of sp³-hybridized carbons (Fsp3) is 0.292. The Hall–Kier alpha value is -2.56. The summed E-state index contributed by atoms with van der Waals surface area (Å²) >= 11 is 1.64. The third-order valence-corrected chi connectivity index (χ3v) is 8.30. The number of aryl methyl sites for hydroxylation is 1. The number of anilines is 1. The SMILES string of the molecule is Cc1ccc([C@@H](NCC(=O)Nc2ccc(S(=O)(=O)N3CCOCC3)cc2)c2cccs2)cc1. The van der Waals surface area contributed by atoms with Crippen molar-refractivity contribution < 1.29 is 17.9 Å². The summed E-state index contributed by atoms with van der Waals surface area (Å²) in [5.74, 6) is -0.201. The smallest absolute Gasteiger partial charge is 0.243 e. The van der Waals surface area contributed by atoms with Gasteiger partial charge in [-0.1, -0.05) is 35.9 Å². The van der Waals surface area contributed by atoms with Crippen molar-refractivity contribution in [1.82, 2.24) is 9.62 Å². The minimum Gasteiger partial charge on any atom is -0.379 e. The molecule has 4 rings (SSSR count). The van der Waals surface area contributed by atoms with Crippen molar-refractivity contribution in [3.8, 4) is 0 Å². The van der Waals surface area contributed by atoms with Gasteiger partial charge in [0, 0.05) is 23.7 Å². The van der Waals surface area contributed by atoms with E-state index in [1.165, 1.54) is 22.0 Å². The summed E-state index contributed by atoms with van der Waals surface area (Å²) in [6.07, 6.45) is 0. The highest BCUT2D eigenvalue weighted by Gasteiger charge is 2.26. The van der Waals surface area contributed by atoms with E-state index in [4.69, 9.17) is 4.74 Å². The van der Waals surface area contributed by atoms with E-state index < -0.39 is 10.0 Å². The van der Waals surface area contributed by atoms with Gasteiger partial charge in [0.25, 0.3) is 0 Å². The molecule has 174 valence electrons. The van der Waals surface area contributed by atoms with Crippen molar-refractivity contribution in [3.63, 3.8) is 0 Å². The van der Waals surface area contributed by atoms with Crippen LogP contribution in [0.1, 0.15) is 22.0 Å². The minimum atomic E-state index is -3.56. The summed E-state index contributed by atoms with van der Waals surface area (Å²) in [7, 11) is -3.56. The maximum atomic E-state index is 12.7. The number of carbonyl (C=O) groups is 1. The van der Waals surface area contributed by atoms with Gasteiger partial charge in [-0.3, -0.25) is 10.1 Å². The molecule has 1 saturated heterocycles. The number of amides is 1. The van der Waals surface area contributed by atoms with Gasteiger partial charge in [0.1, 0.15) is 0 Å². The Morgan fingerprint density at radius 3 is 2.39 bits per heavy atom. The van der Waals surface area contributed by atoms with Crippen LogP contribution in [0.2, 0.25) is 0 Å². The molecule has 1 amide bonds. The molecule has 2 heterocycles. The maximum Gasteiger partial charge on any atom is 0.243 e. The lowest BCUT2D eigenvalue weighted by atomic mass is 10.0. The molecule has 9 heteroatoms. The predicted molar refractivity (Wildman–Crippen MR) is 130 cm³/mol. The van der Waals surface area contributed by atoms with Crippen LogP contribution in [-0.4, -0.2) is 51.5 Å². The molecule has 0 unspecified atom stereocenters. The van der Waals surface area contributed by atoms with Crippen molar-refractivity contribution in [1.29, 1.82) is 0 Å². The first-order valence-corrected chi connectivity index (χ1v) is 13.1. The third kappa shape index (κ3) is 5.87. The van der Waals surface area contributed by atoms with Crippen LogP contribution in [0.25, 0.3) is 0 Å². The quantitative estimate of drug-likeness (QED) is 0.511. The zero-order valence-electron chi connectivity index (χ0n) is 18.4. The summed E-state index contributed by atoms with van der Waals surface area (Å²) in [5.41, 5.74) is 2.82. The highest BCUT2D eigenvalue weighted by atomic mass is 32.2. The molecule has 1 aliphatic heterocycles. The van der Waals surface area contributed by atoms with Gasteiger partial charge >= 0.3 is 0 Å². The number of rotatable bonds is 8. The normalized spacial score (nSPS) is 15.8. The number of hydrogen-bond acceptors (Lipinski definition) is 6. The average Bonchev–Trinajstić information content (AvgIpc) is 3.36. The highest BCUT2D eigenvalue weighted by molar-refractivity contribution is 7.89. The zero-order chi connectivity index (χ0) is 23.3. The van der Waals surface area contributed by atoms with Gasteiger partial charge in [-0.05, 0) is 48.2 Å². The fourth-order valence-electron chi connectivity index (χ4n) is 3.64. The number of ether oxygens (including phenoxy) is 1. The number of benzene rings is 2. The molecule has 1 atom stereocenters. The molecular weight excluding hydrogens is 458 g/mol. The summed E-state index contributed by atoms with van der Waals surface area (Å²) < 4.78 is 32.1. The Morgan fingerprint density at radius 1 is 1.06 bits per heavy atom. The Kier molecular flexibility index (Phi) is 7.56. The summed E-state index contributed by atoms with van der Waals surface area (Å²) in [5, 5.41) is 8.19. The van der Waals surface area contributed by atoms with Gasteiger partial charge in [-0.2, -0.15) is 4.31 Å². The van der Waals surface area contributed by atoms with Crippen LogP contribution in [0.4, 0.5) is 5.69 Å². The topological polar surface area (TPSA) is 87.7 Å². The van der Waals surface area contributed by atoms with Gasteiger partial charge in [0.05, 0.1) is 30.7 Å². The predicted octanol–water partition coefficient (Wildman–Crippen LogP) is 3.40. The van der Waals surface area contributed by atoms with E-state index in [-0.39, 0.29) is 23.4 Å². The van der Waals surface area contributed by atoms with Gasteiger partial charge in [0.2, 0.25) is 15.9 Å². The number of nitrogens with one attached hydrogen (secondary N) is 2. The van der Waals surface area contributed by atoms with Gasteiger partial charge in [-0.15, -0.1) is 11.3 Å². The number of sulfonamides is 1. The third-order valence-electron chi connectivity index (χ3n) is 5.45. The molecule has 1 aromatic heterocycles. The number of thiophene rings is 1. The lowest BCUT2D eigenvalue weighted by molar-refractivity contribution is -0.115. The Morgan fingerprint density at radius 2 is 1.76 bits per heavy atom. The second-order valence-electron chi connectivity index (χ2n) is 7.83. The van der Waals surface area contributed by atoms with Crippen molar-refractivity contribution in [2.24, 2.45) is 0 Å². The molecular formula is C24H27N3O4S2. The van der Waals surface area contributed by atoms with E-state index in [1.807, 2.05) is 24.4 Å². The molecule has 1 fully saturated rings. The van der Waals surface area contributed by atoms with Crippen molar-refractivity contribution >= 4 is 33.0 Å². The van der Waals surface area contributed by atoms with Gasteiger partial charge < -0.3 is 10.1 Å². The van der Waals surface area contributed by atoms with Gasteiger partial charge in [-0.25, -0.2) is 8.42 Å². The maximum absolute atomic E-state index is 12.7. The molecule has 0 bridgehead atoms. The van der Waals surface area contributed by atoms with E-state index in [0.29, 0.717) is 32.0 Å². The molecule has 0 aliphatic carbocycles. The standard InChI is InChI=1S/C24H27N3O4S2/c1-18-4-6-19(7-5-18)24(22-3-2-16-32-22)25-17-23(28)26-20-8-10-21(11-9-20)33(29,30)27-12-14-31-15-13-27/h2-11,16,24-25H,12-15,17H2,1H3,(H,26,28)/t24-/m1/s1. The molecule has 0 radical (unpaired) electrons. The molecule has 2 N–H and O–H groups in total. The Bertz CT molecular complexity index is 1160. The van der Waals surface area contributed by atoms with Crippen LogP contribution in [0.5, 0.6) is 0 Å². The van der Waals surface area contributed by atoms with E-state index in [1.54, 1.807) is 23.5 Å². The van der Waals surface area contributed by atoms with Crippen LogP contribution in [0.3, 0.4) is 0 Å². The monoisotopic (exact) mass is 485 g/mol. The summed E-state index contributed by atoms with van der Waals surface area (Å²) in [6, 6.07) is 18.5. The second-order valence-corrected chi connectivity index (χ2v) is 10.7. The minimum absolute atomic E-state index is 0.0857. The molecule has 3 aromatic rings. The van der Waals surface area contributed by atoms with Crippen LogP contribution < -0.4 is 10.6 Å². The van der Waals surface area contributed by atoms with E-state index in [0.717, 1.165) is 10.4 Å². The van der Waals surface area contributed by atoms with Crippen LogP contribution in [0.15, 0.2) is 70.9 Å². The first kappa shape index (κ1) is 23.6. The Balaban J connectivity index is 1.38. The van der Waals surface area contributed by atoms with Crippen LogP contribution in [-0.2, 0) is 19.6 Å².